The predicted molar refractivity (Wildman–Crippen MR) is 126 cm³/mol. The monoisotopic (exact) mass is 467 g/mol. The third kappa shape index (κ3) is 4.15. The summed E-state index contributed by atoms with van der Waals surface area (Å²) in [5, 5.41) is 0.639. The first kappa shape index (κ1) is 23.1. The molecule has 172 valence electrons. The lowest BCUT2D eigenvalue weighted by Gasteiger charge is -2.36. The van der Waals surface area contributed by atoms with Crippen molar-refractivity contribution in [2.24, 2.45) is 10.9 Å². The molecule has 7 heteroatoms. The van der Waals surface area contributed by atoms with Crippen molar-refractivity contribution in [3.8, 4) is 11.5 Å². The Bertz CT molecular complexity index is 1170. The van der Waals surface area contributed by atoms with Crippen molar-refractivity contribution in [1.82, 2.24) is 0 Å². The van der Waals surface area contributed by atoms with Crippen molar-refractivity contribution < 1.29 is 23.8 Å². The Hall–Kier alpha value is -3.12. The zero-order valence-electron chi connectivity index (χ0n) is 19.1. The number of nitrogens with zero attached hydrogens (tertiary/aromatic N) is 1. The number of halogens is 1. The van der Waals surface area contributed by atoms with Gasteiger partial charge in [0.25, 0.3) is 0 Å². The zero-order chi connectivity index (χ0) is 23.7. The van der Waals surface area contributed by atoms with Crippen LogP contribution in [0.1, 0.15) is 42.7 Å². The summed E-state index contributed by atoms with van der Waals surface area (Å²) in [6.45, 7) is 1.81. The van der Waals surface area contributed by atoms with Crippen molar-refractivity contribution in [2.75, 3.05) is 21.3 Å². The average Bonchev–Trinajstić information content (AvgIpc) is 2.82. The second-order valence-electron chi connectivity index (χ2n) is 8.26. The highest BCUT2D eigenvalue weighted by Crippen LogP contribution is 2.48. The van der Waals surface area contributed by atoms with Gasteiger partial charge in [0.05, 0.1) is 21.3 Å². The van der Waals surface area contributed by atoms with Crippen LogP contribution in [-0.2, 0) is 14.3 Å². The van der Waals surface area contributed by atoms with E-state index >= 15 is 0 Å². The Balaban J connectivity index is 1.84. The second kappa shape index (κ2) is 9.40. The number of ether oxygens (including phenoxy) is 3. The van der Waals surface area contributed by atoms with Crippen LogP contribution in [-0.4, -0.2) is 38.8 Å². The molecule has 33 heavy (non-hydrogen) atoms. The van der Waals surface area contributed by atoms with Crippen molar-refractivity contribution in [3.05, 3.63) is 69.9 Å². The lowest BCUT2D eigenvalue weighted by molar-refractivity contribution is -0.143. The van der Waals surface area contributed by atoms with Gasteiger partial charge in [-0.1, -0.05) is 35.9 Å². The molecule has 0 spiro atoms. The van der Waals surface area contributed by atoms with Gasteiger partial charge < -0.3 is 14.2 Å². The highest BCUT2D eigenvalue weighted by Gasteiger charge is 2.45. The summed E-state index contributed by atoms with van der Waals surface area (Å²) in [5.74, 6) is -0.660. The van der Waals surface area contributed by atoms with E-state index in [0.29, 0.717) is 46.3 Å². The van der Waals surface area contributed by atoms with E-state index in [1.165, 1.54) is 7.11 Å². The van der Waals surface area contributed by atoms with Crippen molar-refractivity contribution in [3.63, 3.8) is 0 Å². The fourth-order valence-electron chi connectivity index (χ4n) is 4.92. The van der Waals surface area contributed by atoms with Gasteiger partial charge in [0.15, 0.2) is 17.3 Å². The maximum absolute atomic E-state index is 13.6. The quantitative estimate of drug-likeness (QED) is 0.571. The highest BCUT2D eigenvalue weighted by atomic mass is 35.5. The molecule has 2 aliphatic rings. The van der Waals surface area contributed by atoms with E-state index in [0.717, 1.165) is 11.1 Å². The summed E-state index contributed by atoms with van der Waals surface area (Å²) in [4.78, 5) is 31.1. The van der Waals surface area contributed by atoms with Crippen LogP contribution in [0.25, 0.3) is 0 Å². The van der Waals surface area contributed by atoms with Gasteiger partial charge in [-0.05, 0) is 48.6 Å². The van der Waals surface area contributed by atoms with Gasteiger partial charge in [0.1, 0.15) is 5.92 Å². The minimum atomic E-state index is -0.701. The zero-order valence-corrected chi connectivity index (χ0v) is 19.8. The molecule has 0 radical (unpaired) electrons. The number of ketones is 1. The molecule has 1 aliphatic heterocycles. The smallest absolute Gasteiger partial charge is 0.315 e. The molecule has 6 nitrogen and oxygen atoms in total. The van der Waals surface area contributed by atoms with E-state index < -0.39 is 17.8 Å². The first-order valence-corrected chi connectivity index (χ1v) is 11.1. The molecular weight excluding hydrogens is 442 g/mol. The summed E-state index contributed by atoms with van der Waals surface area (Å²) in [5.41, 5.74) is 3.59. The average molecular weight is 468 g/mol. The van der Waals surface area contributed by atoms with Crippen LogP contribution in [0.3, 0.4) is 0 Å². The second-order valence-corrected chi connectivity index (χ2v) is 8.66. The van der Waals surface area contributed by atoms with Gasteiger partial charge in [0, 0.05) is 34.3 Å². The molecule has 4 rings (SSSR count). The van der Waals surface area contributed by atoms with Gasteiger partial charge in [-0.3, -0.25) is 14.6 Å². The third-order valence-electron chi connectivity index (χ3n) is 6.46. The molecule has 0 N–H and O–H groups in total. The molecule has 1 aliphatic carbocycles. The van der Waals surface area contributed by atoms with E-state index in [1.54, 1.807) is 20.3 Å². The number of hydrogen-bond acceptors (Lipinski definition) is 6. The van der Waals surface area contributed by atoms with Crippen LogP contribution in [0.5, 0.6) is 11.5 Å². The first-order chi connectivity index (χ1) is 15.9. The largest absolute Gasteiger partial charge is 0.493 e. The SMILES string of the molecule is COC(=O)C1C(C)=NC2=C(C(=O)C[C@@H](c3ccccc3Cl)C2)[C@@H]1c1ccc(OC)c(OC)c1. The molecule has 0 fully saturated rings. The number of carbonyl (C=O) groups is 2. The van der Waals surface area contributed by atoms with Gasteiger partial charge in [-0.2, -0.15) is 0 Å². The van der Waals surface area contributed by atoms with Crippen LogP contribution in [0.2, 0.25) is 5.02 Å². The summed E-state index contributed by atoms with van der Waals surface area (Å²) in [7, 11) is 4.46. The first-order valence-electron chi connectivity index (χ1n) is 10.7. The maximum atomic E-state index is 13.6. The van der Waals surface area contributed by atoms with Crippen LogP contribution >= 0.6 is 11.6 Å². The van der Waals surface area contributed by atoms with Gasteiger partial charge in [0.2, 0.25) is 0 Å². The van der Waals surface area contributed by atoms with Gasteiger partial charge >= 0.3 is 5.97 Å². The molecule has 0 saturated carbocycles. The number of methoxy groups -OCH3 is 3. The van der Waals surface area contributed by atoms with E-state index in [4.69, 9.17) is 30.8 Å². The van der Waals surface area contributed by atoms with E-state index in [9.17, 15) is 9.59 Å². The molecule has 0 saturated heterocycles. The minimum absolute atomic E-state index is 0.0360. The molecule has 0 amide bonds. The van der Waals surface area contributed by atoms with Gasteiger partial charge in [-0.25, -0.2) is 0 Å². The molecule has 1 unspecified atom stereocenters. The van der Waals surface area contributed by atoms with E-state index in [-0.39, 0.29) is 11.7 Å². The molecule has 3 atom stereocenters. The topological polar surface area (TPSA) is 74.2 Å². The van der Waals surface area contributed by atoms with Crippen LogP contribution in [0.15, 0.2) is 58.7 Å². The molecule has 0 bridgehead atoms. The number of carbonyl (C=O) groups excluding carboxylic acids is 2. The Morgan fingerprint density at radius 1 is 1.03 bits per heavy atom. The fraction of sp³-hybridized carbons (Fsp3) is 0.346. The molecule has 2 aromatic carbocycles. The molecule has 1 heterocycles. The Kier molecular flexibility index (Phi) is 6.56. The number of allylic oxidation sites excluding steroid dienone is 2. The number of esters is 1. The minimum Gasteiger partial charge on any atom is -0.493 e. The van der Waals surface area contributed by atoms with Crippen LogP contribution < -0.4 is 9.47 Å². The maximum Gasteiger partial charge on any atom is 0.315 e. The lowest BCUT2D eigenvalue weighted by atomic mass is 9.69. The molecule has 2 aromatic rings. The third-order valence-corrected chi connectivity index (χ3v) is 6.80. The Morgan fingerprint density at radius 2 is 1.76 bits per heavy atom. The number of Topliss-reactive ketones (excluding diaryl/α,β-unsaturated/α-hetero) is 1. The van der Waals surface area contributed by atoms with Crippen LogP contribution in [0.4, 0.5) is 0 Å². The van der Waals surface area contributed by atoms with Gasteiger partial charge in [-0.15, -0.1) is 0 Å². The molecule has 0 aromatic heterocycles. The Morgan fingerprint density at radius 3 is 2.42 bits per heavy atom. The lowest BCUT2D eigenvalue weighted by Crippen LogP contribution is -2.37. The standard InChI is InChI=1S/C26H26ClNO5/c1-14-23(26(30)33-4)24(15-9-10-21(31-2)22(13-15)32-3)25-19(28-14)11-16(12-20(25)29)17-7-5-6-8-18(17)27/h5-10,13,16,23-24H,11-12H2,1-4H3/t16-,23?,24+/m0/s1. The highest BCUT2D eigenvalue weighted by molar-refractivity contribution is 6.31. The van der Waals surface area contributed by atoms with Crippen LogP contribution in [0, 0.1) is 5.92 Å². The summed E-state index contributed by atoms with van der Waals surface area (Å²) in [6, 6.07) is 13.0. The number of rotatable bonds is 5. The van der Waals surface area contributed by atoms with Crippen molar-refractivity contribution in [1.29, 1.82) is 0 Å². The van der Waals surface area contributed by atoms with E-state index in [2.05, 4.69) is 0 Å². The predicted octanol–water partition coefficient (Wildman–Crippen LogP) is 5.11. The van der Waals surface area contributed by atoms with Crippen molar-refractivity contribution >= 4 is 29.1 Å². The summed E-state index contributed by atoms with van der Waals surface area (Å²) in [6.07, 6.45) is 0.870. The summed E-state index contributed by atoms with van der Waals surface area (Å²) < 4.78 is 16.0. The summed E-state index contributed by atoms with van der Waals surface area (Å²) >= 11 is 6.43. The van der Waals surface area contributed by atoms with E-state index in [1.807, 2.05) is 43.3 Å². The normalized spacial score (nSPS) is 22.4. The molecular formula is C26H26ClNO5. The fourth-order valence-corrected chi connectivity index (χ4v) is 5.21. The number of hydrogen-bond donors (Lipinski definition) is 0. The van der Waals surface area contributed by atoms with Crippen molar-refractivity contribution in [2.45, 2.75) is 31.6 Å². The number of aliphatic imine (C=N–C) groups is 1. The number of benzene rings is 2. The Labute approximate surface area is 198 Å².